The second-order valence-electron chi connectivity index (χ2n) is 4.67. The Bertz CT molecular complexity index is 675. The molecule has 0 heterocycles. The van der Waals surface area contributed by atoms with Crippen molar-refractivity contribution in [2.45, 2.75) is 19.9 Å². The van der Waals surface area contributed by atoms with Gasteiger partial charge in [-0.3, -0.25) is 0 Å². The largest absolute Gasteiger partial charge is 0.455 e. The fourth-order valence-electron chi connectivity index (χ4n) is 1.78. The van der Waals surface area contributed by atoms with Crippen molar-refractivity contribution < 1.29 is 4.74 Å². The third-order valence-corrected chi connectivity index (χ3v) is 3.31. The molecule has 1 unspecified atom stereocenters. The first-order chi connectivity index (χ1) is 9.51. The summed E-state index contributed by atoms with van der Waals surface area (Å²) in [6.07, 6.45) is 0. The smallest absolute Gasteiger partial charge is 0.146 e. The van der Waals surface area contributed by atoms with Crippen LogP contribution in [0, 0.1) is 18.3 Å². The third-order valence-electron chi connectivity index (χ3n) is 3.02. The van der Waals surface area contributed by atoms with Crippen LogP contribution in [0.1, 0.15) is 29.7 Å². The second kappa shape index (κ2) is 5.96. The van der Waals surface area contributed by atoms with E-state index in [1.165, 1.54) is 0 Å². The predicted molar refractivity (Wildman–Crippen MR) is 80.0 cm³/mol. The number of rotatable bonds is 3. The van der Waals surface area contributed by atoms with Crippen molar-refractivity contribution in [2.75, 3.05) is 0 Å². The van der Waals surface area contributed by atoms with E-state index in [0.717, 1.165) is 11.1 Å². The van der Waals surface area contributed by atoms with Crippen molar-refractivity contribution in [3.63, 3.8) is 0 Å². The zero-order valence-corrected chi connectivity index (χ0v) is 12.1. The van der Waals surface area contributed by atoms with Crippen LogP contribution < -0.4 is 10.5 Å². The lowest BCUT2D eigenvalue weighted by molar-refractivity contribution is 0.478. The van der Waals surface area contributed by atoms with Crippen LogP contribution in [-0.2, 0) is 0 Å². The number of hydrogen-bond acceptors (Lipinski definition) is 3. The van der Waals surface area contributed by atoms with Gasteiger partial charge in [0.25, 0.3) is 0 Å². The first-order valence-electron chi connectivity index (χ1n) is 6.25. The molecular formula is C16H15ClN2O. The van der Waals surface area contributed by atoms with Gasteiger partial charge in [0, 0.05) is 6.04 Å². The number of hydrogen-bond donors (Lipinski definition) is 1. The molecule has 0 aromatic heterocycles. The van der Waals surface area contributed by atoms with E-state index in [1.54, 1.807) is 24.3 Å². The van der Waals surface area contributed by atoms with Crippen LogP contribution in [0.2, 0.25) is 5.02 Å². The molecule has 2 N–H and O–H groups in total. The summed E-state index contributed by atoms with van der Waals surface area (Å²) in [4.78, 5) is 0. The Morgan fingerprint density at radius 3 is 2.55 bits per heavy atom. The SMILES string of the molecule is Cc1ccc(C#N)cc1Oc1ccc(C(C)N)cc1Cl. The Morgan fingerprint density at radius 2 is 1.95 bits per heavy atom. The molecule has 0 amide bonds. The minimum atomic E-state index is -0.0785. The fraction of sp³-hybridized carbons (Fsp3) is 0.188. The number of halogens is 1. The summed E-state index contributed by atoms with van der Waals surface area (Å²) in [6.45, 7) is 3.81. The first-order valence-corrected chi connectivity index (χ1v) is 6.62. The molecule has 0 radical (unpaired) electrons. The summed E-state index contributed by atoms with van der Waals surface area (Å²) >= 11 is 6.20. The number of aryl methyl sites for hydroxylation is 1. The average Bonchev–Trinajstić information content (AvgIpc) is 2.43. The molecule has 2 aromatic carbocycles. The highest BCUT2D eigenvalue weighted by Crippen LogP contribution is 2.33. The van der Waals surface area contributed by atoms with Crippen LogP contribution >= 0.6 is 11.6 Å². The molecule has 0 saturated carbocycles. The number of ether oxygens (including phenoxy) is 1. The van der Waals surface area contributed by atoms with Crippen LogP contribution in [0.5, 0.6) is 11.5 Å². The van der Waals surface area contributed by atoms with Crippen LogP contribution in [0.15, 0.2) is 36.4 Å². The van der Waals surface area contributed by atoms with Gasteiger partial charge in [0.2, 0.25) is 0 Å². The predicted octanol–water partition coefficient (Wildman–Crippen LogP) is 4.33. The summed E-state index contributed by atoms with van der Waals surface area (Å²) in [5.74, 6) is 1.17. The van der Waals surface area contributed by atoms with E-state index in [9.17, 15) is 0 Å². The molecule has 0 spiro atoms. The molecule has 3 nitrogen and oxygen atoms in total. The van der Waals surface area contributed by atoms with Crippen LogP contribution in [-0.4, -0.2) is 0 Å². The van der Waals surface area contributed by atoms with E-state index in [-0.39, 0.29) is 6.04 Å². The van der Waals surface area contributed by atoms with Crippen molar-refractivity contribution in [2.24, 2.45) is 5.73 Å². The minimum absolute atomic E-state index is 0.0785. The van der Waals surface area contributed by atoms with Gasteiger partial charge in [-0.15, -0.1) is 0 Å². The monoisotopic (exact) mass is 286 g/mol. The van der Waals surface area contributed by atoms with Crippen molar-refractivity contribution in [3.8, 4) is 17.6 Å². The van der Waals surface area contributed by atoms with E-state index in [4.69, 9.17) is 27.3 Å². The summed E-state index contributed by atoms with van der Waals surface area (Å²) in [5, 5.41) is 9.43. The molecule has 102 valence electrons. The summed E-state index contributed by atoms with van der Waals surface area (Å²) in [5.41, 5.74) is 8.25. The molecule has 2 aromatic rings. The summed E-state index contributed by atoms with van der Waals surface area (Å²) < 4.78 is 5.79. The molecule has 0 bridgehead atoms. The van der Waals surface area contributed by atoms with Gasteiger partial charge in [-0.2, -0.15) is 5.26 Å². The number of nitrogens with zero attached hydrogens (tertiary/aromatic N) is 1. The highest BCUT2D eigenvalue weighted by atomic mass is 35.5. The van der Waals surface area contributed by atoms with E-state index in [2.05, 4.69) is 6.07 Å². The molecule has 20 heavy (non-hydrogen) atoms. The van der Waals surface area contributed by atoms with Gasteiger partial charge in [-0.1, -0.05) is 23.7 Å². The van der Waals surface area contributed by atoms with Gasteiger partial charge >= 0.3 is 0 Å². The lowest BCUT2D eigenvalue weighted by Crippen LogP contribution is -2.04. The Labute approximate surface area is 123 Å². The lowest BCUT2D eigenvalue weighted by atomic mass is 10.1. The van der Waals surface area contributed by atoms with Gasteiger partial charge in [-0.05, 0) is 49.2 Å². The average molecular weight is 287 g/mol. The Kier molecular flexibility index (Phi) is 4.29. The van der Waals surface area contributed by atoms with Gasteiger partial charge in [0.15, 0.2) is 0 Å². The standard InChI is InChI=1S/C16H15ClN2O/c1-10-3-4-12(9-18)7-16(10)20-15-6-5-13(11(2)19)8-14(15)17/h3-8,11H,19H2,1-2H3. The quantitative estimate of drug-likeness (QED) is 0.913. The van der Waals surface area contributed by atoms with Crippen LogP contribution in [0.25, 0.3) is 0 Å². The van der Waals surface area contributed by atoms with Gasteiger partial charge in [0.1, 0.15) is 11.5 Å². The van der Waals surface area contributed by atoms with Crippen molar-refractivity contribution in [1.29, 1.82) is 5.26 Å². The highest BCUT2D eigenvalue weighted by molar-refractivity contribution is 6.32. The van der Waals surface area contributed by atoms with E-state index in [0.29, 0.717) is 22.1 Å². The maximum absolute atomic E-state index is 8.93. The molecule has 2 rings (SSSR count). The second-order valence-corrected chi connectivity index (χ2v) is 5.08. The van der Waals surface area contributed by atoms with Crippen LogP contribution in [0.4, 0.5) is 0 Å². The minimum Gasteiger partial charge on any atom is -0.455 e. The lowest BCUT2D eigenvalue weighted by Gasteiger charge is -2.12. The Hall–Kier alpha value is -2.02. The summed E-state index contributed by atoms with van der Waals surface area (Å²) in [7, 11) is 0. The zero-order chi connectivity index (χ0) is 14.7. The maximum atomic E-state index is 8.93. The van der Waals surface area contributed by atoms with E-state index in [1.807, 2.05) is 26.0 Å². The van der Waals surface area contributed by atoms with E-state index < -0.39 is 0 Å². The molecule has 0 aliphatic heterocycles. The molecule has 0 fully saturated rings. The Morgan fingerprint density at radius 1 is 1.20 bits per heavy atom. The molecule has 1 atom stereocenters. The number of benzene rings is 2. The topological polar surface area (TPSA) is 59.0 Å². The third kappa shape index (κ3) is 3.11. The van der Waals surface area contributed by atoms with Gasteiger partial charge < -0.3 is 10.5 Å². The molecule has 4 heteroatoms. The summed E-state index contributed by atoms with van der Waals surface area (Å²) in [6, 6.07) is 12.8. The van der Waals surface area contributed by atoms with Crippen molar-refractivity contribution >= 4 is 11.6 Å². The van der Waals surface area contributed by atoms with E-state index >= 15 is 0 Å². The molecular weight excluding hydrogens is 272 g/mol. The molecule has 0 aliphatic carbocycles. The van der Waals surface area contributed by atoms with Crippen molar-refractivity contribution in [3.05, 3.63) is 58.1 Å². The van der Waals surface area contributed by atoms with Crippen LogP contribution in [0.3, 0.4) is 0 Å². The first kappa shape index (κ1) is 14.4. The molecule has 0 aliphatic rings. The number of nitriles is 1. The maximum Gasteiger partial charge on any atom is 0.146 e. The molecule has 0 saturated heterocycles. The number of nitrogens with two attached hydrogens (primary N) is 1. The zero-order valence-electron chi connectivity index (χ0n) is 11.4. The fourth-order valence-corrected chi connectivity index (χ4v) is 2.01. The van der Waals surface area contributed by atoms with Gasteiger partial charge in [0.05, 0.1) is 16.7 Å². The normalized spacial score (nSPS) is 11.8. The van der Waals surface area contributed by atoms with Crippen molar-refractivity contribution in [1.82, 2.24) is 0 Å². The highest BCUT2D eigenvalue weighted by Gasteiger charge is 2.09. The van der Waals surface area contributed by atoms with Gasteiger partial charge in [-0.25, -0.2) is 0 Å². The Balaban J connectivity index is 2.33.